The molecule has 2 aromatic rings. The van der Waals surface area contributed by atoms with E-state index in [-0.39, 0.29) is 23.7 Å². The first-order chi connectivity index (χ1) is 11.0. The van der Waals surface area contributed by atoms with E-state index < -0.39 is 12.0 Å². The first-order valence-corrected chi connectivity index (χ1v) is 6.73. The zero-order valence-electron chi connectivity index (χ0n) is 12.7. The van der Waals surface area contributed by atoms with Crippen molar-refractivity contribution in [1.82, 2.24) is 9.97 Å². The van der Waals surface area contributed by atoms with E-state index in [2.05, 4.69) is 15.0 Å². The van der Waals surface area contributed by atoms with Crippen molar-refractivity contribution in [2.75, 3.05) is 14.2 Å². The molecule has 0 amide bonds. The van der Waals surface area contributed by atoms with Crippen LogP contribution in [0.1, 0.15) is 11.3 Å². The van der Waals surface area contributed by atoms with Crippen LogP contribution in [0.15, 0.2) is 29.6 Å². The number of methoxy groups -OCH3 is 2. The van der Waals surface area contributed by atoms with Gasteiger partial charge in [-0.1, -0.05) is 0 Å². The van der Waals surface area contributed by atoms with Crippen molar-refractivity contribution in [3.8, 4) is 17.2 Å². The van der Waals surface area contributed by atoms with E-state index in [9.17, 15) is 15.0 Å². The minimum Gasteiger partial charge on any atom is -0.502 e. The number of aliphatic imine (C=N–C) groups is 1. The highest BCUT2D eigenvalue weighted by Crippen LogP contribution is 2.36. The Hall–Kier alpha value is -3.03. The number of hydrogen-bond donors (Lipinski definition) is 3. The molecule has 0 aliphatic heterocycles. The number of benzene rings is 1. The first kappa shape index (κ1) is 16.3. The quantitative estimate of drug-likeness (QED) is 0.661. The van der Waals surface area contributed by atoms with Crippen LogP contribution in [-0.4, -0.2) is 52.6 Å². The summed E-state index contributed by atoms with van der Waals surface area (Å²) in [4.78, 5) is 22.1. The Kier molecular flexibility index (Phi) is 5.19. The van der Waals surface area contributed by atoms with Crippen molar-refractivity contribution >= 4 is 12.2 Å². The van der Waals surface area contributed by atoms with Crippen LogP contribution in [0.25, 0.3) is 0 Å². The number of ether oxygens (including phenoxy) is 2. The van der Waals surface area contributed by atoms with Crippen LogP contribution in [0, 0.1) is 0 Å². The number of aliphatic carboxylic acids is 1. The third-order valence-electron chi connectivity index (χ3n) is 3.16. The highest BCUT2D eigenvalue weighted by Gasteiger charge is 2.17. The van der Waals surface area contributed by atoms with E-state index in [0.717, 1.165) is 0 Å². The number of carbonyl (C=O) groups is 1. The Labute approximate surface area is 132 Å². The molecule has 3 N–H and O–H groups in total. The molecule has 1 aromatic carbocycles. The molecule has 0 fully saturated rings. The van der Waals surface area contributed by atoms with E-state index in [1.165, 1.54) is 38.9 Å². The average molecular weight is 319 g/mol. The zero-order chi connectivity index (χ0) is 16.8. The fraction of sp³-hybridized carbons (Fsp3) is 0.267. The number of aromatic amines is 1. The Morgan fingerprint density at radius 2 is 2.04 bits per heavy atom. The molecular formula is C15H17N3O5. The van der Waals surface area contributed by atoms with Gasteiger partial charge in [0.25, 0.3) is 0 Å². The average Bonchev–Trinajstić information content (AvgIpc) is 3.05. The molecule has 23 heavy (non-hydrogen) atoms. The molecule has 0 radical (unpaired) electrons. The van der Waals surface area contributed by atoms with Crippen molar-refractivity contribution in [3.63, 3.8) is 0 Å². The Balaban J connectivity index is 2.24. The van der Waals surface area contributed by atoms with E-state index in [4.69, 9.17) is 9.47 Å². The van der Waals surface area contributed by atoms with Crippen LogP contribution in [0.5, 0.6) is 17.2 Å². The van der Waals surface area contributed by atoms with Crippen molar-refractivity contribution in [3.05, 3.63) is 35.9 Å². The largest absolute Gasteiger partial charge is 0.502 e. The minimum atomic E-state index is -1.05. The maximum absolute atomic E-state index is 11.3. The van der Waals surface area contributed by atoms with E-state index in [1.54, 1.807) is 6.20 Å². The van der Waals surface area contributed by atoms with Gasteiger partial charge in [0.15, 0.2) is 17.5 Å². The predicted molar refractivity (Wildman–Crippen MR) is 82.5 cm³/mol. The number of rotatable bonds is 7. The molecule has 1 atom stereocenters. The second kappa shape index (κ2) is 7.30. The van der Waals surface area contributed by atoms with Gasteiger partial charge in [0.1, 0.15) is 0 Å². The molecule has 0 aliphatic rings. The second-order valence-corrected chi connectivity index (χ2v) is 4.69. The summed E-state index contributed by atoms with van der Waals surface area (Å²) in [6.45, 7) is 0. The van der Waals surface area contributed by atoms with Gasteiger partial charge in [-0.3, -0.25) is 4.99 Å². The third kappa shape index (κ3) is 4.00. The number of phenolic OH excluding ortho intramolecular Hbond substituents is 1. The Morgan fingerprint density at radius 3 is 2.52 bits per heavy atom. The first-order valence-electron chi connectivity index (χ1n) is 6.73. The Bertz CT molecular complexity index is 672. The molecule has 0 aliphatic carbocycles. The number of phenols is 1. The lowest BCUT2D eigenvalue weighted by atomic mass is 10.1. The minimum absolute atomic E-state index is 0.126. The van der Waals surface area contributed by atoms with Crippen LogP contribution in [0.3, 0.4) is 0 Å². The summed E-state index contributed by atoms with van der Waals surface area (Å²) in [7, 11) is 2.82. The molecule has 1 heterocycles. The molecule has 1 unspecified atom stereocenters. The Morgan fingerprint density at radius 1 is 1.39 bits per heavy atom. The van der Waals surface area contributed by atoms with Gasteiger partial charge in [-0.05, 0) is 17.7 Å². The fourth-order valence-corrected chi connectivity index (χ4v) is 1.97. The molecule has 0 bridgehead atoms. The van der Waals surface area contributed by atoms with Gasteiger partial charge >= 0.3 is 5.97 Å². The summed E-state index contributed by atoms with van der Waals surface area (Å²) >= 11 is 0. The molecule has 0 saturated heterocycles. The summed E-state index contributed by atoms with van der Waals surface area (Å²) in [5, 5.41) is 19.1. The molecule has 2 rings (SSSR count). The van der Waals surface area contributed by atoms with Crippen molar-refractivity contribution < 1.29 is 24.5 Å². The maximum atomic E-state index is 11.3. The van der Waals surface area contributed by atoms with E-state index >= 15 is 0 Å². The SMILES string of the molecule is COc1cc(/C=N/C(Cc2cnc[nH]2)C(=O)O)cc(OC)c1O. The predicted octanol–water partition coefficient (Wildman–Crippen LogP) is 1.25. The molecule has 122 valence electrons. The van der Waals surface area contributed by atoms with Gasteiger partial charge in [0.05, 0.1) is 20.5 Å². The number of aromatic hydroxyl groups is 1. The summed E-state index contributed by atoms with van der Waals surface area (Å²) in [6.07, 6.45) is 4.63. The number of nitrogens with one attached hydrogen (secondary N) is 1. The number of H-pyrrole nitrogens is 1. The lowest BCUT2D eigenvalue weighted by molar-refractivity contribution is -0.138. The van der Waals surface area contributed by atoms with Crippen LogP contribution >= 0.6 is 0 Å². The van der Waals surface area contributed by atoms with Gasteiger partial charge in [-0.2, -0.15) is 0 Å². The fourth-order valence-electron chi connectivity index (χ4n) is 1.97. The van der Waals surface area contributed by atoms with Crippen LogP contribution in [0.2, 0.25) is 0 Å². The highest BCUT2D eigenvalue weighted by molar-refractivity contribution is 5.85. The van der Waals surface area contributed by atoms with Gasteiger partial charge in [-0.25, -0.2) is 9.78 Å². The standard InChI is InChI=1S/C15H17N3O5/c1-22-12-3-9(4-13(23-2)14(12)19)6-17-11(15(20)21)5-10-7-16-8-18-10/h3-4,6-8,11,19H,5H2,1-2H3,(H,16,18)(H,20,21)/b17-6+. The second-order valence-electron chi connectivity index (χ2n) is 4.69. The van der Waals surface area contributed by atoms with Gasteiger partial charge in [-0.15, -0.1) is 0 Å². The van der Waals surface area contributed by atoms with Crippen molar-refractivity contribution in [2.24, 2.45) is 4.99 Å². The number of hydrogen-bond acceptors (Lipinski definition) is 6. The molecule has 0 spiro atoms. The zero-order valence-corrected chi connectivity index (χ0v) is 12.7. The number of carboxylic acids is 1. The highest BCUT2D eigenvalue weighted by atomic mass is 16.5. The normalized spacial score (nSPS) is 12.3. The molecule has 1 aromatic heterocycles. The maximum Gasteiger partial charge on any atom is 0.328 e. The van der Waals surface area contributed by atoms with Crippen LogP contribution in [0.4, 0.5) is 0 Å². The topological polar surface area (TPSA) is 117 Å². The summed E-state index contributed by atoms with van der Waals surface area (Å²) in [6, 6.07) is 2.12. The molecule has 8 nitrogen and oxygen atoms in total. The van der Waals surface area contributed by atoms with Gasteiger partial charge < -0.3 is 24.7 Å². The van der Waals surface area contributed by atoms with Crippen molar-refractivity contribution in [1.29, 1.82) is 0 Å². The summed E-state index contributed by atoms with van der Waals surface area (Å²) < 4.78 is 10.1. The summed E-state index contributed by atoms with van der Waals surface area (Å²) in [5.41, 5.74) is 1.22. The van der Waals surface area contributed by atoms with Crippen molar-refractivity contribution in [2.45, 2.75) is 12.5 Å². The number of imidazole rings is 1. The molecule has 8 heteroatoms. The number of aromatic nitrogens is 2. The summed E-state index contributed by atoms with van der Waals surface area (Å²) in [5.74, 6) is -0.745. The van der Waals surface area contributed by atoms with Crippen LogP contribution < -0.4 is 9.47 Å². The lowest BCUT2D eigenvalue weighted by Gasteiger charge is -2.10. The van der Waals surface area contributed by atoms with E-state index in [1.807, 2.05) is 0 Å². The monoisotopic (exact) mass is 319 g/mol. The van der Waals surface area contributed by atoms with Gasteiger partial charge in [0.2, 0.25) is 5.75 Å². The molecular weight excluding hydrogens is 302 g/mol. The molecule has 0 saturated carbocycles. The lowest BCUT2D eigenvalue weighted by Crippen LogP contribution is -2.21. The number of nitrogens with zero attached hydrogens (tertiary/aromatic N) is 2. The van der Waals surface area contributed by atoms with E-state index in [0.29, 0.717) is 11.3 Å². The smallest absolute Gasteiger partial charge is 0.328 e. The van der Waals surface area contributed by atoms with Crippen LogP contribution in [-0.2, 0) is 11.2 Å². The third-order valence-corrected chi connectivity index (χ3v) is 3.16. The van der Waals surface area contributed by atoms with Gasteiger partial charge in [0, 0.05) is 24.5 Å². The number of carboxylic acid groups (broad SMARTS) is 1.